The van der Waals surface area contributed by atoms with Crippen molar-refractivity contribution in [3.8, 4) is 0 Å². The zero-order valence-electron chi connectivity index (χ0n) is 13.0. The summed E-state index contributed by atoms with van der Waals surface area (Å²) < 4.78 is 1.68. The summed E-state index contributed by atoms with van der Waals surface area (Å²) >= 11 is 0. The fraction of sp³-hybridized carbons (Fsp3) is 0.444. The highest BCUT2D eigenvalue weighted by atomic mass is 16.1. The topological polar surface area (TPSA) is 46.9 Å². The number of benzene rings is 1. The van der Waals surface area contributed by atoms with E-state index >= 15 is 0 Å². The van der Waals surface area contributed by atoms with Crippen LogP contribution in [0.1, 0.15) is 46.8 Å². The summed E-state index contributed by atoms with van der Waals surface area (Å²) in [7, 11) is 1.84. The average molecular weight is 295 g/mol. The van der Waals surface area contributed by atoms with Crippen LogP contribution in [0.25, 0.3) is 0 Å². The largest absolute Gasteiger partial charge is 0.322 e. The monoisotopic (exact) mass is 295 g/mol. The lowest BCUT2D eigenvalue weighted by Gasteiger charge is -2.10. The van der Waals surface area contributed by atoms with Crippen LogP contribution in [0.3, 0.4) is 0 Å². The Bertz CT molecular complexity index is 730. The molecular weight excluding hydrogens is 274 g/mol. The number of para-hydroxylation sites is 1. The molecule has 0 bridgehead atoms. The minimum absolute atomic E-state index is 0.0679. The number of nitrogens with zero attached hydrogens (tertiary/aromatic N) is 2. The van der Waals surface area contributed by atoms with E-state index in [2.05, 4.69) is 22.5 Å². The van der Waals surface area contributed by atoms with E-state index in [4.69, 9.17) is 0 Å². The second-order valence-electron chi connectivity index (χ2n) is 6.69. The van der Waals surface area contributed by atoms with E-state index in [1.54, 1.807) is 10.9 Å². The molecule has 2 saturated carbocycles. The van der Waals surface area contributed by atoms with Crippen molar-refractivity contribution >= 4 is 11.6 Å². The molecule has 1 aromatic heterocycles. The molecule has 1 heterocycles. The number of carbonyl (C=O) groups is 1. The Balaban J connectivity index is 1.55. The van der Waals surface area contributed by atoms with Crippen LogP contribution in [0.15, 0.2) is 30.5 Å². The Hall–Kier alpha value is -2.10. The number of aromatic nitrogens is 2. The molecule has 0 aliphatic heterocycles. The summed E-state index contributed by atoms with van der Waals surface area (Å²) in [5.41, 5.74) is 3.67. The van der Waals surface area contributed by atoms with Crippen molar-refractivity contribution in [3.05, 3.63) is 47.3 Å². The molecule has 0 saturated heterocycles. The van der Waals surface area contributed by atoms with E-state index in [9.17, 15) is 4.79 Å². The van der Waals surface area contributed by atoms with Gasteiger partial charge in [0.2, 0.25) is 0 Å². The molecule has 114 valence electrons. The van der Waals surface area contributed by atoms with E-state index < -0.39 is 0 Å². The normalized spacial score (nSPS) is 23.4. The fourth-order valence-corrected chi connectivity index (χ4v) is 3.56. The van der Waals surface area contributed by atoms with Gasteiger partial charge in [-0.1, -0.05) is 18.2 Å². The predicted octanol–water partition coefficient (Wildman–Crippen LogP) is 3.49. The van der Waals surface area contributed by atoms with Gasteiger partial charge < -0.3 is 5.32 Å². The fourth-order valence-electron chi connectivity index (χ4n) is 3.56. The third-order valence-corrected chi connectivity index (χ3v) is 4.93. The minimum Gasteiger partial charge on any atom is -0.322 e. The first-order chi connectivity index (χ1) is 10.6. The van der Waals surface area contributed by atoms with E-state index in [1.807, 2.05) is 26.1 Å². The van der Waals surface area contributed by atoms with Gasteiger partial charge in [0.1, 0.15) is 0 Å². The highest BCUT2D eigenvalue weighted by Gasteiger charge is 2.48. The van der Waals surface area contributed by atoms with Gasteiger partial charge in [-0.2, -0.15) is 5.10 Å². The van der Waals surface area contributed by atoms with Gasteiger partial charge >= 0.3 is 0 Å². The summed E-state index contributed by atoms with van der Waals surface area (Å²) in [6, 6.07) is 8.24. The Kier molecular flexibility index (Phi) is 3.06. The molecule has 0 spiro atoms. The molecule has 1 amide bonds. The van der Waals surface area contributed by atoms with Crippen LogP contribution in [-0.4, -0.2) is 15.7 Å². The van der Waals surface area contributed by atoms with E-state index in [0.29, 0.717) is 11.5 Å². The first-order valence-corrected chi connectivity index (χ1v) is 8.04. The number of hydrogen-bond acceptors (Lipinski definition) is 2. The van der Waals surface area contributed by atoms with Crippen LogP contribution in [-0.2, 0) is 7.05 Å². The number of rotatable bonds is 4. The van der Waals surface area contributed by atoms with Gasteiger partial charge in [0.05, 0.1) is 11.3 Å². The number of hydrogen-bond donors (Lipinski definition) is 1. The molecule has 2 aliphatic rings. The summed E-state index contributed by atoms with van der Waals surface area (Å²) in [5.74, 6) is 2.35. The summed E-state index contributed by atoms with van der Waals surface area (Å²) in [4.78, 5) is 12.5. The lowest BCUT2D eigenvalue weighted by Crippen LogP contribution is -2.13. The van der Waals surface area contributed by atoms with Crippen LogP contribution in [0, 0.1) is 18.8 Å². The van der Waals surface area contributed by atoms with Gasteiger partial charge in [0, 0.05) is 18.9 Å². The number of amides is 1. The average Bonchev–Trinajstić information content (AvgIpc) is 3.36. The Morgan fingerprint density at radius 1 is 1.32 bits per heavy atom. The van der Waals surface area contributed by atoms with Crippen LogP contribution in [0.5, 0.6) is 0 Å². The minimum atomic E-state index is -0.0679. The Morgan fingerprint density at radius 2 is 2.09 bits per heavy atom. The highest BCUT2D eigenvalue weighted by Crippen LogP contribution is 2.60. The lowest BCUT2D eigenvalue weighted by atomic mass is 10.0. The number of aryl methyl sites for hydroxylation is 2. The molecule has 4 rings (SSSR count). The van der Waals surface area contributed by atoms with Crippen molar-refractivity contribution in [1.82, 2.24) is 9.78 Å². The van der Waals surface area contributed by atoms with Gasteiger partial charge in [-0.15, -0.1) is 0 Å². The summed E-state index contributed by atoms with van der Waals surface area (Å²) in [5, 5.41) is 7.33. The predicted molar refractivity (Wildman–Crippen MR) is 85.9 cm³/mol. The molecule has 1 aromatic carbocycles. The molecule has 0 radical (unpaired) electrons. The zero-order chi connectivity index (χ0) is 15.3. The first kappa shape index (κ1) is 13.6. The molecule has 4 heteroatoms. The van der Waals surface area contributed by atoms with E-state index in [0.717, 1.165) is 23.2 Å². The molecule has 22 heavy (non-hydrogen) atoms. The zero-order valence-corrected chi connectivity index (χ0v) is 13.0. The number of carbonyl (C=O) groups excluding carboxylic acids is 1. The van der Waals surface area contributed by atoms with Crippen LogP contribution in [0.2, 0.25) is 0 Å². The molecule has 4 nitrogen and oxygen atoms in total. The van der Waals surface area contributed by atoms with Crippen molar-refractivity contribution in [1.29, 1.82) is 0 Å². The maximum Gasteiger partial charge on any atom is 0.259 e. The van der Waals surface area contributed by atoms with Crippen LogP contribution >= 0.6 is 0 Å². The standard InChI is InChI=1S/C18H21N3O/c1-11-16(10-21(2)20-11)18(22)19-17-6-4-3-5-13(17)15-9-14(15)12-7-8-12/h3-6,10,12,14-15H,7-9H2,1-2H3,(H,19,22). The highest BCUT2D eigenvalue weighted by molar-refractivity contribution is 6.05. The third-order valence-electron chi connectivity index (χ3n) is 4.93. The van der Waals surface area contributed by atoms with E-state index in [-0.39, 0.29) is 5.91 Å². The maximum atomic E-state index is 12.5. The number of anilines is 1. The quantitative estimate of drug-likeness (QED) is 0.938. The molecule has 2 unspecified atom stereocenters. The molecule has 1 N–H and O–H groups in total. The van der Waals surface area contributed by atoms with Gasteiger partial charge in [-0.3, -0.25) is 9.48 Å². The Labute approximate surface area is 130 Å². The van der Waals surface area contributed by atoms with Crippen molar-refractivity contribution in [2.75, 3.05) is 5.32 Å². The van der Waals surface area contributed by atoms with Crippen molar-refractivity contribution in [3.63, 3.8) is 0 Å². The smallest absolute Gasteiger partial charge is 0.259 e. The van der Waals surface area contributed by atoms with Gasteiger partial charge in [0.25, 0.3) is 5.91 Å². The molecule has 2 aromatic rings. The molecule has 2 fully saturated rings. The maximum absolute atomic E-state index is 12.5. The summed E-state index contributed by atoms with van der Waals surface area (Å²) in [6.45, 7) is 1.87. The van der Waals surface area contributed by atoms with Crippen molar-refractivity contribution in [2.24, 2.45) is 18.9 Å². The van der Waals surface area contributed by atoms with Gasteiger partial charge in [-0.25, -0.2) is 0 Å². The second kappa shape index (κ2) is 4.97. The van der Waals surface area contributed by atoms with E-state index in [1.165, 1.54) is 24.8 Å². The molecule has 2 aliphatic carbocycles. The first-order valence-electron chi connectivity index (χ1n) is 8.04. The van der Waals surface area contributed by atoms with Crippen LogP contribution < -0.4 is 5.32 Å². The Morgan fingerprint density at radius 3 is 2.77 bits per heavy atom. The van der Waals surface area contributed by atoms with Crippen molar-refractivity contribution in [2.45, 2.75) is 32.1 Å². The third kappa shape index (κ3) is 2.43. The van der Waals surface area contributed by atoms with Crippen molar-refractivity contribution < 1.29 is 4.79 Å². The summed E-state index contributed by atoms with van der Waals surface area (Å²) in [6.07, 6.45) is 5.84. The molecule has 2 atom stereocenters. The molecular formula is C18H21N3O. The van der Waals surface area contributed by atoms with Crippen LogP contribution in [0.4, 0.5) is 5.69 Å². The van der Waals surface area contributed by atoms with Gasteiger partial charge in [0.15, 0.2) is 0 Å². The lowest BCUT2D eigenvalue weighted by molar-refractivity contribution is 0.102. The second-order valence-corrected chi connectivity index (χ2v) is 6.69. The van der Waals surface area contributed by atoms with Gasteiger partial charge in [-0.05, 0) is 55.6 Å². The number of nitrogens with one attached hydrogen (secondary N) is 1. The SMILES string of the molecule is Cc1nn(C)cc1C(=O)Nc1ccccc1C1CC1C1CC1.